The first-order chi connectivity index (χ1) is 9.09. The van der Waals surface area contributed by atoms with Crippen LogP contribution in [0.3, 0.4) is 0 Å². The van der Waals surface area contributed by atoms with E-state index < -0.39 is 0 Å². The molecule has 0 unspecified atom stereocenters. The second-order valence-corrected chi connectivity index (χ2v) is 5.33. The van der Waals surface area contributed by atoms with Gasteiger partial charge in [-0.1, -0.05) is 0 Å². The lowest BCUT2D eigenvalue weighted by molar-refractivity contribution is 0.665. The number of thioether (sulfide) groups is 1. The van der Waals surface area contributed by atoms with E-state index in [1.807, 2.05) is 10.8 Å². The third-order valence-electron chi connectivity index (χ3n) is 2.93. The van der Waals surface area contributed by atoms with Crippen molar-refractivity contribution < 1.29 is 0 Å². The summed E-state index contributed by atoms with van der Waals surface area (Å²) in [6, 6.07) is 1.52. The van der Waals surface area contributed by atoms with Crippen LogP contribution in [0.25, 0.3) is 0 Å². The molecule has 0 aliphatic carbocycles. The molecule has 0 spiro atoms. The Kier molecular flexibility index (Phi) is 4.26. The normalized spacial score (nSPS) is 10.8. The maximum absolute atomic E-state index is 11.7. The lowest BCUT2D eigenvalue weighted by atomic mass is 10.4. The number of aromatic nitrogens is 4. The molecule has 0 aliphatic heterocycles. The molecule has 0 aliphatic rings. The summed E-state index contributed by atoms with van der Waals surface area (Å²) in [7, 11) is 3.17. The van der Waals surface area contributed by atoms with Gasteiger partial charge in [0.25, 0.3) is 5.56 Å². The second kappa shape index (κ2) is 5.92. The zero-order chi connectivity index (χ0) is 13.8. The van der Waals surface area contributed by atoms with E-state index in [0.717, 1.165) is 22.6 Å². The van der Waals surface area contributed by atoms with Gasteiger partial charge < -0.3 is 4.57 Å². The van der Waals surface area contributed by atoms with Crippen molar-refractivity contribution in [3.63, 3.8) is 0 Å². The zero-order valence-electron chi connectivity index (χ0n) is 10.9. The molecule has 0 saturated heterocycles. The molecular weight excluding hydrogens is 264 g/mol. The molecular formula is C12H16N4O2S. The summed E-state index contributed by atoms with van der Waals surface area (Å²) in [5.74, 6) is 1.55. The lowest BCUT2D eigenvalue weighted by Crippen LogP contribution is -2.37. The fourth-order valence-electron chi connectivity index (χ4n) is 1.68. The monoisotopic (exact) mass is 280 g/mol. The molecule has 102 valence electrons. The Morgan fingerprint density at radius 1 is 1.26 bits per heavy atom. The van der Waals surface area contributed by atoms with Gasteiger partial charge in [-0.25, -0.2) is 9.78 Å². The van der Waals surface area contributed by atoms with Gasteiger partial charge in [-0.15, -0.1) is 0 Å². The first-order valence-corrected chi connectivity index (χ1v) is 7.04. The van der Waals surface area contributed by atoms with Crippen LogP contribution >= 0.6 is 11.8 Å². The molecule has 2 aromatic rings. The van der Waals surface area contributed by atoms with Crippen molar-refractivity contribution in [2.75, 3.05) is 5.75 Å². The van der Waals surface area contributed by atoms with Crippen LogP contribution in [-0.4, -0.2) is 24.4 Å². The molecule has 0 fully saturated rings. The van der Waals surface area contributed by atoms with Gasteiger partial charge >= 0.3 is 5.69 Å². The maximum atomic E-state index is 11.7. The van der Waals surface area contributed by atoms with Gasteiger partial charge in [0.1, 0.15) is 0 Å². The highest BCUT2D eigenvalue weighted by Gasteiger charge is 2.05. The van der Waals surface area contributed by atoms with Crippen molar-refractivity contribution in [1.29, 1.82) is 0 Å². The van der Waals surface area contributed by atoms with Gasteiger partial charge in [0.2, 0.25) is 0 Å². The predicted molar refractivity (Wildman–Crippen MR) is 75.3 cm³/mol. The van der Waals surface area contributed by atoms with Gasteiger partial charge in [-0.05, 0) is 0 Å². The molecule has 0 bridgehead atoms. The van der Waals surface area contributed by atoms with E-state index in [1.54, 1.807) is 31.3 Å². The Bertz CT molecular complexity index is 657. The molecule has 2 aromatic heterocycles. The predicted octanol–water partition coefficient (Wildman–Crippen LogP) is 0.214. The van der Waals surface area contributed by atoms with Crippen LogP contribution in [0, 0.1) is 0 Å². The fraction of sp³-hybridized carbons (Fsp3) is 0.417. The van der Waals surface area contributed by atoms with Crippen molar-refractivity contribution in [3.05, 3.63) is 51.3 Å². The third-order valence-corrected chi connectivity index (χ3v) is 3.90. The van der Waals surface area contributed by atoms with Gasteiger partial charge in [0.15, 0.2) is 0 Å². The molecule has 0 N–H and O–H groups in total. The second-order valence-electron chi connectivity index (χ2n) is 4.23. The summed E-state index contributed by atoms with van der Waals surface area (Å²) in [6.07, 6.45) is 5.43. The Morgan fingerprint density at radius 2 is 2.05 bits per heavy atom. The van der Waals surface area contributed by atoms with Crippen molar-refractivity contribution in [3.8, 4) is 0 Å². The molecule has 0 radical (unpaired) electrons. The van der Waals surface area contributed by atoms with Crippen LogP contribution in [0.4, 0.5) is 0 Å². The zero-order valence-corrected chi connectivity index (χ0v) is 11.8. The van der Waals surface area contributed by atoms with Crippen molar-refractivity contribution in [2.24, 2.45) is 14.1 Å². The summed E-state index contributed by atoms with van der Waals surface area (Å²) in [5, 5.41) is 0. The Morgan fingerprint density at radius 3 is 2.74 bits per heavy atom. The fourth-order valence-corrected chi connectivity index (χ4v) is 2.65. The highest BCUT2D eigenvalue weighted by Crippen LogP contribution is 2.09. The smallest absolute Gasteiger partial charge is 0.330 e. The molecule has 0 saturated carbocycles. The van der Waals surface area contributed by atoms with E-state index in [2.05, 4.69) is 4.98 Å². The number of aryl methyl sites for hydroxylation is 1. The van der Waals surface area contributed by atoms with Crippen LogP contribution < -0.4 is 11.2 Å². The van der Waals surface area contributed by atoms with Crippen LogP contribution in [0.5, 0.6) is 0 Å². The topological polar surface area (TPSA) is 61.8 Å². The molecule has 6 nitrogen and oxygen atoms in total. The summed E-state index contributed by atoms with van der Waals surface area (Å²) in [5.41, 5.74) is 0.217. The van der Waals surface area contributed by atoms with Gasteiger partial charge in [-0.2, -0.15) is 11.8 Å². The quantitative estimate of drug-likeness (QED) is 0.735. The number of hydrogen-bond donors (Lipinski definition) is 0. The molecule has 7 heteroatoms. The van der Waals surface area contributed by atoms with Crippen LogP contribution in [0.2, 0.25) is 0 Å². The maximum Gasteiger partial charge on any atom is 0.330 e. The standard InChI is InChI=1S/C12H16N4O2S/c1-14-10(7-11(17)15(2)12(14)18)8-19-6-5-16-4-3-13-9-16/h3-4,7,9H,5-6,8H2,1-2H3. The third kappa shape index (κ3) is 3.17. The van der Waals surface area contributed by atoms with E-state index in [-0.39, 0.29) is 11.2 Å². The molecule has 0 atom stereocenters. The molecule has 0 amide bonds. The number of imidazole rings is 1. The summed E-state index contributed by atoms with van der Waals surface area (Å²) >= 11 is 1.69. The SMILES string of the molecule is Cn1c(CSCCn2ccnc2)cc(=O)n(C)c1=O. The van der Waals surface area contributed by atoms with Crippen molar-refractivity contribution >= 4 is 11.8 Å². The van der Waals surface area contributed by atoms with Gasteiger partial charge in [0, 0.05) is 56.3 Å². The summed E-state index contributed by atoms with van der Waals surface area (Å²) in [4.78, 5) is 27.3. The Labute approximate surface area is 114 Å². The first-order valence-electron chi connectivity index (χ1n) is 5.89. The van der Waals surface area contributed by atoms with E-state index in [0.29, 0.717) is 5.75 Å². The molecule has 0 aromatic carbocycles. The molecule has 2 rings (SSSR count). The van der Waals surface area contributed by atoms with Gasteiger partial charge in [-0.3, -0.25) is 13.9 Å². The van der Waals surface area contributed by atoms with Crippen molar-refractivity contribution in [1.82, 2.24) is 18.7 Å². The summed E-state index contributed by atoms with van der Waals surface area (Å²) in [6.45, 7) is 0.865. The van der Waals surface area contributed by atoms with E-state index in [1.165, 1.54) is 17.7 Å². The first kappa shape index (κ1) is 13.7. The highest BCUT2D eigenvalue weighted by molar-refractivity contribution is 7.98. The van der Waals surface area contributed by atoms with Crippen LogP contribution in [-0.2, 0) is 26.4 Å². The van der Waals surface area contributed by atoms with E-state index >= 15 is 0 Å². The Hall–Kier alpha value is -1.76. The van der Waals surface area contributed by atoms with Crippen LogP contribution in [0.1, 0.15) is 5.69 Å². The molecule has 19 heavy (non-hydrogen) atoms. The molecule has 2 heterocycles. The number of nitrogens with zero attached hydrogens (tertiary/aromatic N) is 4. The summed E-state index contributed by atoms with van der Waals surface area (Å²) < 4.78 is 4.63. The highest BCUT2D eigenvalue weighted by atomic mass is 32.2. The lowest BCUT2D eigenvalue weighted by Gasteiger charge is -2.09. The minimum Gasteiger partial charge on any atom is -0.337 e. The number of hydrogen-bond acceptors (Lipinski definition) is 4. The minimum absolute atomic E-state index is 0.256. The van der Waals surface area contributed by atoms with Gasteiger partial charge in [0.05, 0.1) is 6.33 Å². The Balaban J connectivity index is 1.97. The van der Waals surface area contributed by atoms with E-state index in [9.17, 15) is 9.59 Å². The average Bonchev–Trinajstić information content (AvgIpc) is 2.91. The largest absolute Gasteiger partial charge is 0.337 e. The van der Waals surface area contributed by atoms with Crippen molar-refractivity contribution in [2.45, 2.75) is 12.3 Å². The average molecular weight is 280 g/mol. The number of rotatable bonds is 5. The minimum atomic E-state index is -0.280. The van der Waals surface area contributed by atoms with E-state index in [4.69, 9.17) is 0 Å². The van der Waals surface area contributed by atoms with Crippen LogP contribution in [0.15, 0.2) is 34.4 Å².